The van der Waals surface area contributed by atoms with Crippen molar-refractivity contribution in [2.75, 3.05) is 27.8 Å². The molecule has 1 aromatic carbocycles. The van der Waals surface area contributed by atoms with E-state index in [4.69, 9.17) is 17.3 Å². The molecule has 1 fully saturated rings. The fraction of sp³-hybridized carbons (Fsp3) is 0.529. The molecule has 22 heavy (non-hydrogen) atoms. The third kappa shape index (κ3) is 3.65. The SMILES string of the molecule is COc1ccccc1OC.[B]C1C(O)C=CC2CCN(C)C21. The van der Waals surface area contributed by atoms with Crippen molar-refractivity contribution >= 4 is 7.85 Å². The second kappa shape index (κ2) is 7.70. The van der Waals surface area contributed by atoms with Crippen molar-refractivity contribution in [2.45, 2.75) is 24.4 Å². The highest BCUT2D eigenvalue weighted by Gasteiger charge is 2.38. The Morgan fingerprint density at radius 1 is 1.14 bits per heavy atom. The number of hydrogen-bond acceptors (Lipinski definition) is 4. The minimum atomic E-state index is -0.452. The number of methoxy groups -OCH3 is 2. The van der Waals surface area contributed by atoms with E-state index in [2.05, 4.69) is 18.0 Å². The van der Waals surface area contributed by atoms with Gasteiger partial charge in [-0.25, -0.2) is 0 Å². The van der Waals surface area contributed by atoms with Gasteiger partial charge in [0.2, 0.25) is 0 Å². The molecule has 2 aliphatic rings. The van der Waals surface area contributed by atoms with E-state index < -0.39 is 6.10 Å². The molecule has 1 aliphatic heterocycles. The normalized spacial score (nSPS) is 30.2. The van der Waals surface area contributed by atoms with Crippen LogP contribution in [0.15, 0.2) is 36.4 Å². The molecule has 1 aromatic rings. The van der Waals surface area contributed by atoms with Crippen LogP contribution in [0, 0.1) is 5.92 Å². The molecule has 2 radical (unpaired) electrons. The van der Waals surface area contributed by atoms with E-state index >= 15 is 0 Å². The molecule has 1 saturated heterocycles. The van der Waals surface area contributed by atoms with Crippen molar-refractivity contribution in [1.82, 2.24) is 4.90 Å². The van der Waals surface area contributed by atoms with Crippen molar-refractivity contribution in [3.05, 3.63) is 36.4 Å². The highest BCUT2D eigenvalue weighted by molar-refractivity contribution is 6.13. The van der Waals surface area contributed by atoms with Gasteiger partial charge in [-0.15, -0.1) is 0 Å². The number of aliphatic hydroxyl groups is 1. The van der Waals surface area contributed by atoms with Crippen LogP contribution in [0.25, 0.3) is 0 Å². The van der Waals surface area contributed by atoms with Crippen LogP contribution in [0.1, 0.15) is 6.42 Å². The van der Waals surface area contributed by atoms with E-state index in [9.17, 15) is 5.11 Å². The zero-order valence-corrected chi connectivity index (χ0v) is 13.5. The first-order chi connectivity index (χ1) is 10.6. The lowest BCUT2D eigenvalue weighted by Gasteiger charge is -2.35. The summed E-state index contributed by atoms with van der Waals surface area (Å²) < 4.78 is 10.0. The second-order valence-corrected chi connectivity index (χ2v) is 5.73. The quantitative estimate of drug-likeness (QED) is 0.669. The van der Waals surface area contributed by atoms with Crippen LogP contribution >= 0.6 is 0 Å². The smallest absolute Gasteiger partial charge is 0.160 e. The van der Waals surface area contributed by atoms with E-state index in [0.29, 0.717) is 12.0 Å². The molecule has 4 atom stereocenters. The molecule has 4 nitrogen and oxygen atoms in total. The molecule has 0 saturated carbocycles. The maximum absolute atomic E-state index is 9.50. The zero-order chi connectivity index (χ0) is 16.1. The molecule has 4 unspecified atom stereocenters. The lowest BCUT2D eigenvalue weighted by atomic mass is 9.69. The Morgan fingerprint density at radius 3 is 2.27 bits per heavy atom. The standard InChI is InChI=1S/C9H14BNO.C8H10O2/c1-11-5-4-6-2-3-7(12)8(10)9(6)11;1-9-7-5-3-4-6-8(7)10-2/h2-3,6-9,12H,4-5H2,1H3;3-6H,1-2H3. The number of benzene rings is 1. The Morgan fingerprint density at radius 2 is 1.73 bits per heavy atom. The summed E-state index contributed by atoms with van der Waals surface area (Å²) in [5.74, 6) is 2.00. The molecule has 3 rings (SSSR count). The molecule has 0 aromatic heterocycles. The van der Waals surface area contributed by atoms with Crippen molar-refractivity contribution in [1.29, 1.82) is 0 Å². The van der Waals surface area contributed by atoms with Crippen LogP contribution in [-0.2, 0) is 0 Å². The number of ether oxygens (including phenoxy) is 2. The summed E-state index contributed by atoms with van der Waals surface area (Å²) in [4.78, 5) is 2.25. The lowest BCUT2D eigenvalue weighted by molar-refractivity contribution is 0.148. The van der Waals surface area contributed by atoms with Crippen LogP contribution in [0.5, 0.6) is 11.5 Å². The first kappa shape index (κ1) is 16.9. The number of aliphatic hydroxyl groups excluding tert-OH is 1. The fourth-order valence-electron chi connectivity index (χ4n) is 3.16. The van der Waals surface area contributed by atoms with Gasteiger partial charge in [-0.2, -0.15) is 0 Å². The molecule has 0 amide bonds. The average Bonchev–Trinajstić information content (AvgIpc) is 2.93. The molecule has 1 heterocycles. The largest absolute Gasteiger partial charge is 0.493 e. The van der Waals surface area contributed by atoms with Crippen LogP contribution < -0.4 is 9.47 Å². The van der Waals surface area contributed by atoms with Gasteiger partial charge in [-0.05, 0) is 43.9 Å². The Labute approximate surface area is 134 Å². The Bertz CT molecular complexity index is 485. The number of hydrogen-bond donors (Lipinski definition) is 1. The minimum Gasteiger partial charge on any atom is -0.493 e. The van der Waals surface area contributed by atoms with Crippen molar-refractivity contribution in [2.24, 2.45) is 5.92 Å². The predicted molar refractivity (Wildman–Crippen MR) is 88.7 cm³/mol. The number of nitrogens with zero attached hydrogens (tertiary/aromatic N) is 1. The van der Waals surface area contributed by atoms with Gasteiger partial charge >= 0.3 is 0 Å². The van der Waals surface area contributed by atoms with Gasteiger partial charge in [-0.1, -0.05) is 24.3 Å². The molecular formula is C17H24BNO3. The molecule has 5 heteroatoms. The van der Waals surface area contributed by atoms with Gasteiger partial charge in [0.05, 0.1) is 28.2 Å². The molecule has 1 N–H and O–H groups in total. The molecule has 1 aliphatic carbocycles. The third-order valence-corrected chi connectivity index (χ3v) is 4.40. The van der Waals surface area contributed by atoms with Crippen molar-refractivity contribution in [3.63, 3.8) is 0 Å². The Balaban J connectivity index is 0.000000164. The molecule has 0 bridgehead atoms. The van der Waals surface area contributed by atoms with Crippen LogP contribution in [0.4, 0.5) is 0 Å². The van der Waals surface area contributed by atoms with Gasteiger partial charge < -0.3 is 19.5 Å². The van der Waals surface area contributed by atoms with Gasteiger partial charge in [-0.3, -0.25) is 0 Å². The molecular weight excluding hydrogens is 277 g/mol. The third-order valence-electron chi connectivity index (χ3n) is 4.40. The second-order valence-electron chi connectivity index (χ2n) is 5.73. The summed E-state index contributed by atoms with van der Waals surface area (Å²) in [7, 11) is 11.2. The molecule has 118 valence electrons. The zero-order valence-electron chi connectivity index (χ0n) is 13.5. The van der Waals surface area contributed by atoms with Crippen LogP contribution in [-0.4, -0.2) is 57.8 Å². The summed E-state index contributed by atoms with van der Waals surface area (Å²) in [5, 5.41) is 9.50. The van der Waals surface area contributed by atoms with E-state index in [1.54, 1.807) is 14.2 Å². The van der Waals surface area contributed by atoms with Gasteiger partial charge in [0, 0.05) is 6.04 Å². The Kier molecular flexibility index (Phi) is 5.92. The highest BCUT2D eigenvalue weighted by Crippen LogP contribution is 2.36. The van der Waals surface area contributed by atoms with Crippen molar-refractivity contribution in [3.8, 4) is 11.5 Å². The van der Waals surface area contributed by atoms with Gasteiger partial charge in [0.15, 0.2) is 11.5 Å². The first-order valence-electron chi connectivity index (χ1n) is 7.57. The predicted octanol–water partition coefficient (Wildman–Crippen LogP) is 1.90. The fourth-order valence-corrected chi connectivity index (χ4v) is 3.16. The summed E-state index contributed by atoms with van der Waals surface area (Å²) in [6.07, 6.45) is 4.68. The number of rotatable bonds is 2. The van der Waals surface area contributed by atoms with Crippen LogP contribution in [0.2, 0.25) is 5.82 Å². The van der Waals surface area contributed by atoms with Gasteiger partial charge in [0.25, 0.3) is 0 Å². The maximum Gasteiger partial charge on any atom is 0.160 e. The van der Waals surface area contributed by atoms with Gasteiger partial charge in [0.1, 0.15) is 0 Å². The minimum absolute atomic E-state index is 0.104. The van der Waals surface area contributed by atoms with E-state index in [1.807, 2.05) is 30.3 Å². The highest BCUT2D eigenvalue weighted by atomic mass is 16.5. The van der Waals surface area contributed by atoms with E-state index in [-0.39, 0.29) is 5.82 Å². The summed E-state index contributed by atoms with van der Waals surface area (Å²) >= 11 is 0. The maximum atomic E-state index is 9.50. The van der Waals surface area contributed by atoms with Crippen molar-refractivity contribution < 1.29 is 14.6 Å². The van der Waals surface area contributed by atoms with Crippen LogP contribution in [0.3, 0.4) is 0 Å². The van der Waals surface area contributed by atoms with E-state index in [1.165, 1.54) is 6.42 Å². The summed E-state index contributed by atoms with van der Waals surface area (Å²) in [6, 6.07) is 7.88. The molecule has 0 spiro atoms. The first-order valence-corrected chi connectivity index (χ1v) is 7.57. The lowest BCUT2D eigenvalue weighted by Crippen LogP contribution is -2.40. The Hall–Kier alpha value is -1.46. The number of para-hydroxylation sites is 2. The van der Waals surface area contributed by atoms with E-state index in [0.717, 1.165) is 18.0 Å². The average molecular weight is 301 g/mol. The topological polar surface area (TPSA) is 41.9 Å². The number of fused-ring (bicyclic) bond motifs is 1. The summed E-state index contributed by atoms with van der Waals surface area (Å²) in [6.45, 7) is 1.10. The summed E-state index contributed by atoms with van der Waals surface area (Å²) in [5.41, 5.74) is 0. The number of likely N-dealkylation sites (tertiary alicyclic amines) is 1. The monoisotopic (exact) mass is 301 g/mol.